The van der Waals surface area contributed by atoms with E-state index in [0.717, 1.165) is 17.0 Å². The van der Waals surface area contributed by atoms with Crippen molar-refractivity contribution in [3.63, 3.8) is 0 Å². The first-order chi connectivity index (χ1) is 8.20. The summed E-state index contributed by atoms with van der Waals surface area (Å²) in [6.45, 7) is 0.837. The molecule has 0 unspecified atom stereocenters. The SMILES string of the molecule is CNCc1ccc(-c2cccc(C(=O)O)c2)s1. The highest BCUT2D eigenvalue weighted by molar-refractivity contribution is 7.15. The van der Waals surface area contributed by atoms with Gasteiger partial charge in [0.2, 0.25) is 0 Å². The van der Waals surface area contributed by atoms with Gasteiger partial charge in [-0.15, -0.1) is 11.3 Å². The van der Waals surface area contributed by atoms with Crippen LogP contribution in [0.5, 0.6) is 0 Å². The number of nitrogens with one attached hydrogen (secondary N) is 1. The maximum Gasteiger partial charge on any atom is 0.335 e. The molecular formula is C13H13NO2S. The summed E-state index contributed by atoms with van der Waals surface area (Å²) >= 11 is 1.68. The van der Waals surface area contributed by atoms with Crippen molar-refractivity contribution in [3.05, 3.63) is 46.8 Å². The summed E-state index contributed by atoms with van der Waals surface area (Å²) in [4.78, 5) is 13.2. The molecule has 0 atom stereocenters. The second kappa shape index (κ2) is 5.12. The number of aromatic carboxylic acids is 1. The van der Waals surface area contributed by atoms with Gasteiger partial charge in [0.05, 0.1) is 5.56 Å². The third kappa shape index (κ3) is 2.72. The monoisotopic (exact) mass is 247 g/mol. The minimum absolute atomic E-state index is 0.325. The number of benzene rings is 1. The van der Waals surface area contributed by atoms with E-state index in [1.54, 1.807) is 29.5 Å². The Labute approximate surface area is 104 Å². The summed E-state index contributed by atoms with van der Waals surface area (Å²) < 4.78 is 0. The van der Waals surface area contributed by atoms with Crippen LogP contribution >= 0.6 is 11.3 Å². The van der Waals surface area contributed by atoms with E-state index in [1.807, 2.05) is 19.2 Å². The van der Waals surface area contributed by atoms with Crippen molar-refractivity contribution in [2.45, 2.75) is 6.54 Å². The van der Waals surface area contributed by atoms with E-state index in [4.69, 9.17) is 5.11 Å². The summed E-state index contributed by atoms with van der Waals surface area (Å²) in [5.41, 5.74) is 1.28. The molecular weight excluding hydrogens is 234 g/mol. The third-order valence-corrected chi connectivity index (χ3v) is 3.54. The molecule has 0 amide bonds. The first-order valence-corrected chi connectivity index (χ1v) is 6.09. The van der Waals surface area contributed by atoms with Crippen LogP contribution in [0.15, 0.2) is 36.4 Å². The Bertz CT molecular complexity index is 534. The lowest BCUT2D eigenvalue weighted by Crippen LogP contribution is -2.02. The van der Waals surface area contributed by atoms with Crippen molar-refractivity contribution in [1.82, 2.24) is 5.32 Å². The Morgan fingerprint density at radius 3 is 2.88 bits per heavy atom. The molecule has 0 saturated heterocycles. The lowest BCUT2D eigenvalue weighted by molar-refractivity contribution is 0.0697. The molecule has 17 heavy (non-hydrogen) atoms. The number of hydrogen-bond acceptors (Lipinski definition) is 3. The van der Waals surface area contributed by atoms with Crippen LogP contribution in [-0.2, 0) is 6.54 Å². The molecule has 1 aromatic carbocycles. The smallest absolute Gasteiger partial charge is 0.335 e. The molecule has 0 bridgehead atoms. The molecule has 2 N–H and O–H groups in total. The largest absolute Gasteiger partial charge is 0.478 e. The lowest BCUT2D eigenvalue weighted by Gasteiger charge is -1.99. The molecule has 0 fully saturated rings. The second-order valence-electron chi connectivity index (χ2n) is 3.68. The highest BCUT2D eigenvalue weighted by atomic mass is 32.1. The highest BCUT2D eigenvalue weighted by Gasteiger charge is 2.06. The zero-order chi connectivity index (χ0) is 12.3. The fourth-order valence-corrected chi connectivity index (χ4v) is 2.62. The van der Waals surface area contributed by atoms with Gasteiger partial charge in [-0.1, -0.05) is 12.1 Å². The van der Waals surface area contributed by atoms with Gasteiger partial charge >= 0.3 is 5.97 Å². The minimum Gasteiger partial charge on any atom is -0.478 e. The van der Waals surface area contributed by atoms with Gasteiger partial charge in [0.1, 0.15) is 0 Å². The molecule has 0 saturated carbocycles. The fraction of sp³-hybridized carbons (Fsp3) is 0.154. The van der Waals surface area contributed by atoms with Crippen LogP contribution in [0.1, 0.15) is 15.2 Å². The maximum atomic E-state index is 10.9. The fourth-order valence-electron chi connectivity index (χ4n) is 1.61. The second-order valence-corrected chi connectivity index (χ2v) is 4.85. The van der Waals surface area contributed by atoms with Crippen molar-refractivity contribution in [2.75, 3.05) is 7.05 Å². The van der Waals surface area contributed by atoms with E-state index in [-0.39, 0.29) is 0 Å². The van der Waals surface area contributed by atoms with Crippen molar-refractivity contribution in [3.8, 4) is 10.4 Å². The molecule has 88 valence electrons. The van der Waals surface area contributed by atoms with Crippen LogP contribution in [0.3, 0.4) is 0 Å². The molecule has 3 nitrogen and oxygen atoms in total. The average molecular weight is 247 g/mol. The first-order valence-electron chi connectivity index (χ1n) is 5.28. The number of thiophene rings is 1. The van der Waals surface area contributed by atoms with Gasteiger partial charge in [0, 0.05) is 16.3 Å². The Balaban J connectivity index is 2.32. The van der Waals surface area contributed by atoms with Gasteiger partial charge < -0.3 is 10.4 Å². The van der Waals surface area contributed by atoms with E-state index in [9.17, 15) is 4.79 Å². The van der Waals surface area contributed by atoms with Gasteiger partial charge in [-0.3, -0.25) is 0 Å². The van der Waals surface area contributed by atoms with E-state index in [1.165, 1.54) is 4.88 Å². The van der Waals surface area contributed by atoms with Crippen LogP contribution < -0.4 is 5.32 Å². The number of rotatable bonds is 4. The highest BCUT2D eigenvalue weighted by Crippen LogP contribution is 2.28. The molecule has 4 heteroatoms. The quantitative estimate of drug-likeness (QED) is 0.873. The first kappa shape index (κ1) is 11.8. The number of carbonyl (C=O) groups is 1. The van der Waals surface area contributed by atoms with E-state index >= 15 is 0 Å². The van der Waals surface area contributed by atoms with Crippen molar-refractivity contribution in [1.29, 1.82) is 0 Å². The minimum atomic E-state index is -0.890. The zero-order valence-corrected chi connectivity index (χ0v) is 10.3. The zero-order valence-electron chi connectivity index (χ0n) is 9.43. The van der Waals surface area contributed by atoms with Crippen LogP contribution in [0.4, 0.5) is 0 Å². The molecule has 2 aromatic rings. The molecule has 2 rings (SSSR count). The lowest BCUT2D eigenvalue weighted by atomic mass is 10.1. The standard InChI is InChI=1S/C13H13NO2S/c1-14-8-11-5-6-12(17-11)9-3-2-4-10(7-9)13(15)16/h2-7,14H,8H2,1H3,(H,15,16). The third-order valence-electron chi connectivity index (χ3n) is 2.41. The van der Waals surface area contributed by atoms with E-state index < -0.39 is 5.97 Å². The van der Waals surface area contributed by atoms with Gasteiger partial charge in [-0.05, 0) is 36.9 Å². The van der Waals surface area contributed by atoms with Crippen molar-refractivity contribution in [2.24, 2.45) is 0 Å². The summed E-state index contributed by atoms with van der Waals surface area (Å²) in [6.07, 6.45) is 0. The molecule has 0 aliphatic carbocycles. The van der Waals surface area contributed by atoms with E-state index in [0.29, 0.717) is 5.56 Å². The van der Waals surface area contributed by atoms with E-state index in [2.05, 4.69) is 11.4 Å². The van der Waals surface area contributed by atoms with Gasteiger partial charge in [0.25, 0.3) is 0 Å². The Kier molecular flexibility index (Phi) is 3.56. The van der Waals surface area contributed by atoms with Crippen LogP contribution in [0, 0.1) is 0 Å². The summed E-state index contributed by atoms with van der Waals surface area (Å²) in [5, 5.41) is 12.0. The summed E-state index contributed by atoms with van der Waals surface area (Å²) in [5.74, 6) is -0.890. The molecule has 1 aromatic heterocycles. The number of hydrogen-bond donors (Lipinski definition) is 2. The summed E-state index contributed by atoms with van der Waals surface area (Å²) in [6, 6.07) is 11.1. The Hall–Kier alpha value is -1.65. The topological polar surface area (TPSA) is 49.3 Å². The molecule has 1 heterocycles. The Morgan fingerprint density at radius 2 is 2.18 bits per heavy atom. The normalized spacial score (nSPS) is 10.4. The molecule has 0 spiro atoms. The molecule has 0 aliphatic heterocycles. The van der Waals surface area contributed by atoms with Gasteiger partial charge in [0.15, 0.2) is 0 Å². The average Bonchev–Trinajstić information content (AvgIpc) is 2.78. The molecule has 0 aliphatic rings. The predicted octanol–water partition coefficient (Wildman–Crippen LogP) is 2.83. The number of carboxylic acids is 1. The van der Waals surface area contributed by atoms with Crippen LogP contribution in [-0.4, -0.2) is 18.1 Å². The number of carboxylic acid groups (broad SMARTS) is 1. The maximum absolute atomic E-state index is 10.9. The predicted molar refractivity (Wildman–Crippen MR) is 69.5 cm³/mol. The Morgan fingerprint density at radius 1 is 1.35 bits per heavy atom. The van der Waals surface area contributed by atoms with Crippen molar-refractivity contribution < 1.29 is 9.90 Å². The van der Waals surface area contributed by atoms with Crippen LogP contribution in [0.2, 0.25) is 0 Å². The van der Waals surface area contributed by atoms with Gasteiger partial charge in [-0.25, -0.2) is 4.79 Å². The van der Waals surface area contributed by atoms with Crippen LogP contribution in [0.25, 0.3) is 10.4 Å². The van der Waals surface area contributed by atoms with Gasteiger partial charge in [-0.2, -0.15) is 0 Å². The van der Waals surface area contributed by atoms with Crippen molar-refractivity contribution >= 4 is 17.3 Å². The summed E-state index contributed by atoms with van der Waals surface area (Å²) in [7, 11) is 1.91. The molecule has 0 radical (unpaired) electrons.